The quantitative estimate of drug-likeness (QED) is 0.752. The summed E-state index contributed by atoms with van der Waals surface area (Å²) in [4.78, 5) is 0. The minimum absolute atomic E-state index is 0.749. The van der Waals surface area contributed by atoms with Gasteiger partial charge in [0.25, 0.3) is 0 Å². The summed E-state index contributed by atoms with van der Waals surface area (Å²) < 4.78 is 4.98. The van der Waals surface area contributed by atoms with Crippen molar-refractivity contribution < 1.29 is 4.42 Å². The van der Waals surface area contributed by atoms with Gasteiger partial charge in [-0.3, -0.25) is 0 Å². The lowest BCUT2D eigenvalue weighted by molar-refractivity contribution is 0.564. The number of rotatable bonds is 3. The van der Waals surface area contributed by atoms with Gasteiger partial charge in [-0.2, -0.15) is 0 Å². The normalized spacial score (nSPS) is 10.2. The lowest BCUT2D eigenvalue weighted by atomic mass is 10.2. The van der Waals surface area contributed by atoms with Crippen LogP contribution in [0.25, 0.3) is 0 Å². The maximum absolute atomic E-state index is 5.81. The SMILES string of the molecule is Cc1ccc(NCc2ccoc2)cc1N. The van der Waals surface area contributed by atoms with Crippen molar-refractivity contribution in [3.05, 3.63) is 47.9 Å². The molecule has 3 heteroatoms. The van der Waals surface area contributed by atoms with Crippen LogP contribution in [0.2, 0.25) is 0 Å². The van der Waals surface area contributed by atoms with Crippen LogP contribution in [0.3, 0.4) is 0 Å². The molecule has 0 atom stereocenters. The maximum Gasteiger partial charge on any atom is 0.0952 e. The molecule has 78 valence electrons. The Hall–Kier alpha value is -1.90. The van der Waals surface area contributed by atoms with E-state index in [2.05, 4.69) is 5.32 Å². The molecule has 0 bridgehead atoms. The Balaban J connectivity index is 2.02. The summed E-state index contributed by atoms with van der Waals surface area (Å²) in [5, 5.41) is 3.28. The second kappa shape index (κ2) is 4.09. The van der Waals surface area contributed by atoms with Crippen molar-refractivity contribution >= 4 is 11.4 Å². The van der Waals surface area contributed by atoms with Crippen LogP contribution < -0.4 is 11.1 Å². The van der Waals surface area contributed by atoms with Gasteiger partial charge in [-0.05, 0) is 30.7 Å². The number of aryl methyl sites for hydroxylation is 1. The van der Waals surface area contributed by atoms with Gasteiger partial charge in [-0.25, -0.2) is 0 Å². The predicted octanol–water partition coefficient (Wildman–Crippen LogP) is 2.78. The third kappa shape index (κ3) is 2.31. The number of nitrogens with one attached hydrogen (secondary N) is 1. The fourth-order valence-electron chi connectivity index (χ4n) is 1.35. The Morgan fingerprint density at radius 3 is 2.87 bits per heavy atom. The highest BCUT2D eigenvalue weighted by molar-refractivity contribution is 5.58. The van der Waals surface area contributed by atoms with Crippen LogP contribution in [0.4, 0.5) is 11.4 Å². The van der Waals surface area contributed by atoms with Crippen LogP contribution in [0.1, 0.15) is 11.1 Å². The molecule has 1 aromatic heterocycles. The van der Waals surface area contributed by atoms with Gasteiger partial charge in [0.1, 0.15) is 0 Å². The number of hydrogen-bond donors (Lipinski definition) is 2. The molecule has 2 aromatic rings. The van der Waals surface area contributed by atoms with Crippen molar-refractivity contribution in [1.82, 2.24) is 0 Å². The van der Waals surface area contributed by atoms with Crippen LogP contribution in [-0.4, -0.2) is 0 Å². The number of nitrogens with two attached hydrogens (primary N) is 1. The highest BCUT2D eigenvalue weighted by Gasteiger charge is 1.97. The molecule has 0 aliphatic carbocycles. The van der Waals surface area contributed by atoms with Crippen molar-refractivity contribution in [3.8, 4) is 0 Å². The first-order valence-corrected chi connectivity index (χ1v) is 4.87. The van der Waals surface area contributed by atoms with E-state index >= 15 is 0 Å². The number of hydrogen-bond acceptors (Lipinski definition) is 3. The minimum Gasteiger partial charge on any atom is -0.472 e. The summed E-state index contributed by atoms with van der Waals surface area (Å²) in [6.07, 6.45) is 3.39. The van der Waals surface area contributed by atoms with E-state index in [0.717, 1.165) is 29.0 Å². The van der Waals surface area contributed by atoms with E-state index < -0.39 is 0 Å². The third-order valence-corrected chi connectivity index (χ3v) is 2.36. The zero-order valence-corrected chi connectivity index (χ0v) is 8.66. The average molecular weight is 202 g/mol. The Labute approximate surface area is 88.9 Å². The minimum atomic E-state index is 0.749. The highest BCUT2D eigenvalue weighted by Crippen LogP contribution is 2.17. The van der Waals surface area contributed by atoms with Gasteiger partial charge < -0.3 is 15.5 Å². The van der Waals surface area contributed by atoms with Gasteiger partial charge in [0, 0.05) is 23.5 Å². The average Bonchev–Trinajstić information content (AvgIpc) is 2.73. The Kier molecular flexibility index (Phi) is 2.63. The van der Waals surface area contributed by atoms with E-state index in [-0.39, 0.29) is 0 Å². The van der Waals surface area contributed by atoms with Gasteiger partial charge in [0.2, 0.25) is 0 Å². The molecule has 0 aliphatic heterocycles. The molecule has 3 nitrogen and oxygen atoms in total. The van der Waals surface area contributed by atoms with Crippen molar-refractivity contribution in [2.24, 2.45) is 0 Å². The number of nitrogen functional groups attached to an aromatic ring is 1. The molecule has 0 unspecified atom stereocenters. The monoisotopic (exact) mass is 202 g/mol. The van der Waals surface area contributed by atoms with E-state index in [0.29, 0.717) is 0 Å². The van der Waals surface area contributed by atoms with Gasteiger partial charge in [0.15, 0.2) is 0 Å². The predicted molar refractivity (Wildman–Crippen MR) is 61.6 cm³/mol. The molecule has 0 spiro atoms. The first-order valence-electron chi connectivity index (χ1n) is 4.87. The number of anilines is 2. The summed E-state index contributed by atoms with van der Waals surface area (Å²) in [5.74, 6) is 0. The van der Waals surface area contributed by atoms with Gasteiger partial charge >= 0.3 is 0 Å². The Bertz CT molecular complexity index is 435. The van der Waals surface area contributed by atoms with Crippen LogP contribution in [0, 0.1) is 6.92 Å². The molecule has 1 heterocycles. The van der Waals surface area contributed by atoms with Crippen LogP contribution in [0.15, 0.2) is 41.2 Å². The van der Waals surface area contributed by atoms with Crippen molar-refractivity contribution in [1.29, 1.82) is 0 Å². The molecule has 1 aromatic carbocycles. The number of benzene rings is 1. The summed E-state index contributed by atoms with van der Waals surface area (Å²) >= 11 is 0. The summed E-state index contributed by atoms with van der Waals surface area (Å²) in [7, 11) is 0. The lowest BCUT2D eigenvalue weighted by Crippen LogP contribution is -1.99. The van der Waals surface area contributed by atoms with Crippen molar-refractivity contribution in [2.45, 2.75) is 13.5 Å². The molecule has 0 amide bonds. The maximum atomic E-state index is 5.81. The van der Waals surface area contributed by atoms with E-state index in [9.17, 15) is 0 Å². The standard InChI is InChI=1S/C12H14N2O/c1-9-2-3-11(6-12(9)13)14-7-10-4-5-15-8-10/h2-6,8,14H,7,13H2,1H3. The fraction of sp³-hybridized carbons (Fsp3) is 0.167. The summed E-state index contributed by atoms with van der Waals surface area (Å²) in [6, 6.07) is 7.90. The van der Waals surface area contributed by atoms with Crippen molar-refractivity contribution in [3.63, 3.8) is 0 Å². The molecule has 2 rings (SSSR count). The lowest BCUT2D eigenvalue weighted by Gasteiger charge is -2.07. The third-order valence-electron chi connectivity index (χ3n) is 2.36. The summed E-state index contributed by atoms with van der Waals surface area (Å²) in [6.45, 7) is 2.74. The highest BCUT2D eigenvalue weighted by atomic mass is 16.3. The molecule has 3 N–H and O–H groups in total. The molecule has 0 aliphatic rings. The van der Waals surface area contributed by atoms with E-state index in [1.54, 1.807) is 12.5 Å². The van der Waals surface area contributed by atoms with Gasteiger partial charge in [0.05, 0.1) is 12.5 Å². The molecule has 0 saturated heterocycles. The zero-order chi connectivity index (χ0) is 10.7. The Morgan fingerprint density at radius 2 is 2.20 bits per heavy atom. The van der Waals surface area contributed by atoms with Gasteiger partial charge in [-0.15, -0.1) is 0 Å². The smallest absolute Gasteiger partial charge is 0.0952 e. The van der Waals surface area contributed by atoms with Gasteiger partial charge in [-0.1, -0.05) is 6.07 Å². The topological polar surface area (TPSA) is 51.2 Å². The molecule has 0 saturated carbocycles. The number of furan rings is 1. The molecular formula is C12H14N2O. The zero-order valence-electron chi connectivity index (χ0n) is 8.66. The van der Waals surface area contributed by atoms with Crippen LogP contribution in [0.5, 0.6) is 0 Å². The van der Waals surface area contributed by atoms with E-state index in [4.69, 9.17) is 10.2 Å². The molecule has 0 radical (unpaired) electrons. The Morgan fingerprint density at radius 1 is 1.33 bits per heavy atom. The van der Waals surface area contributed by atoms with Crippen LogP contribution in [-0.2, 0) is 6.54 Å². The largest absolute Gasteiger partial charge is 0.472 e. The second-order valence-electron chi connectivity index (χ2n) is 3.56. The summed E-state index contributed by atoms with van der Waals surface area (Å²) in [5.41, 5.74) is 9.87. The van der Waals surface area contributed by atoms with E-state index in [1.807, 2.05) is 31.2 Å². The first kappa shape index (κ1) is 9.65. The van der Waals surface area contributed by atoms with Crippen LogP contribution >= 0.6 is 0 Å². The molecular weight excluding hydrogens is 188 g/mol. The molecule has 15 heavy (non-hydrogen) atoms. The second-order valence-corrected chi connectivity index (χ2v) is 3.56. The van der Waals surface area contributed by atoms with Crippen molar-refractivity contribution in [2.75, 3.05) is 11.1 Å². The first-order chi connectivity index (χ1) is 7.25. The molecule has 0 fully saturated rings. The fourth-order valence-corrected chi connectivity index (χ4v) is 1.35. The van der Waals surface area contributed by atoms with E-state index in [1.165, 1.54) is 0 Å².